The van der Waals surface area contributed by atoms with Gasteiger partial charge in [-0.1, -0.05) is 6.07 Å². The molecule has 1 aliphatic carbocycles. The lowest BCUT2D eigenvalue weighted by Crippen LogP contribution is -1.99. The van der Waals surface area contributed by atoms with Crippen LogP contribution < -0.4 is 9.47 Å². The van der Waals surface area contributed by atoms with Gasteiger partial charge in [0.1, 0.15) is 11.5 Å². The summed E-state index contributed by atoms with van der Waals surface area (Å²) in [5.41, 5.74) is 5.79. The summed E-state index contributed by atoms with van der Waals surface area (Å²) in [6.07, 6.45) is 3.90. The number of ether oxygens (including phenoxy) is 2. The number of rotatable bonds is 3. The van der Waals surface area contributed by atoms with Gasteiger partial charge in [0, 0.05) is 45.8 Å². The zero-order chi connectivity index (χ0) is 25.0. The smallest absolute Gasteiger partial charge is 0.433 e. The Bertz CT molecular complexity index is 1130. The number of Topliss-reactive ketones (excluding diaryl/α,β-unsaturated/α-hetero) is 1. The molecule has 5 nitrogen and oxygen atoms in total. The molecule has 3 aliphatic rings. The first kappa shape index (κ1) is 28.4. The van der Waals surface area contributed by atoms with Gasteiger partial charge in [-0.05, 0) is 93.3 Å². The first-order valence-electron chi connectivity index (χ1n) is 10.3. The van der Waals surface area contributed by atoms with E-state index in [4.69, 9.17) is 14.6 Å². The maximum Gasteiger partial charge on any atom is 0.433 e. The molecule has 1 N–H and O–H groups in total. The summed E-state index contributed by atoms with van der Waals surface area (Å²) in [5, 5.41) is 8.68. The van der Waals surface area contributed by atoms with Gasteiger partial charge >= 0.3 is 11.4 Å². The second kappa shape index (κ2) is 12.9. The van der Waals surface area contributed by atoms with Crippen molar-refractivity contribution >= 4 is 103 Å². The van der Waals surface area contributed by atoms with Crippen LogP contribution in [0.25, 0.3) is 0 Å². The highest BCUT2D eigenvalue weighted by Gasteiger charge is 2.32. The molecular formula is C22H18BBr4FIO5. The van der Waals surface area contributed by atoms with Crippen molar-refractivity contribution in [2.45, 2.75) is 38.5 Å². The van der Waals surface area contributed by atoms with Crippen molar-refractivity contribution in [3.8, 4) is 11.5 Å². The number of carbonyl (C=O) groups excluding carboxylic acids is 1. The van der Waals surface area contributed by atoms with E-state index in [1.807, 2.05) is 6.07 Å². The second-order valence-electron chi connectivity index (χ2n) is 7.54. The monoisotopic (exact) mass is 835 g/mol. The van der Waals surface area contributed by atoms with Gasteiger partial charge in [-0.2, -0.15) is 0 Å². The third kappa shape index (κ3) is 6.20. The lowest BCUT2D eigenvalue weighted by molar-refractivity contribution is -0.136. The maximum atomic E-state index is 11.8. The minimum atomic E-state index is -0.778. The number of carboxylic acids is 1. The molecule has 2 aliphatic heterocycles. The summed E-state index contributed by atoms with van der Waals surface area (Å²) in [4.78, 5) is 22.3. The van der Waals surface area contributed by atoms with Crippen LogP contribution in [-0.4, -0.2) is 35.5 Å². The molecular weight excluding hydrogens is 821 g/mol. The van der Waals surface area contributed by atoms with Crippen molar-refractivity contribution in [2.24, 2.45) is 0 Å². The number of halogens is 6. The molecule has 0 saturated heterocycles. The average Bonchev–Trinajstić information content (AvgIpc) is 3.54. The fourth-order valence-electron chi connectivity index (χ4n) is 4.10. The molecule has 0 aromatic heterocycles. The Morgan fingerprint density at radius 2 is 1.59 bits per heavy atom. The first-order chi connectivity index (χ1) is 16.2. The van der Waals surface area contributed by atoms with E-state index in [1.54, 1.807) is 0 Å². The number of ketones is 1. The Kier molecular flexibility index (Phi) is 10.7. The van der Waals surface area contributed by atoms with Crippen molar-refractivity contribution in [1.29, 1.82) is 0 Å². The topological polar surface area (TPSA) is 72.8 Å². The van der Waals surface area contributed by atoms with E-state index in [9.17, 15) is 13.9 Å². The van der Waals surface area contributed by atoms with E-state index < -0.39 is 5.97 Å². The van der Waals surface area contributed by atoms with Crippen LogP contribution in [0.5, 0.6) is 11.5 Å². The van der Waals surface area contributed by atoms with Crippen molar-refractivity contribution in [3.05, 3.63) is 51.8 Å². The molecule has 2 heterocycles. The predicted molar refractivity (Wildman–Crippen MR) is 152 cm³/mol. The molecule has 1 radical (unpaired) electrons. The molecule has 0 atom stereocenters. The molecule has 5 rings (SSSR count). The van der Waals surface area contributed by atoms with Crippen molar-refractivity contribution in [2.75, 3.05) is 13.2 Å². The van der Waals surface area contributed by atoms with E-state index >= 15 is 0 Å². The van der Waals surface area contributed by atoms with Crippen molar-refractivity contribution in [3.63, 3.8) is 0 Å². The van der Waals surface area contributed by atoms with E-state index in [1.165, 1.54) is 22.4 Å². The number of carbonyl (C=O) groups is 2. The normalized spacial score (nSPS) is 14.5. The lowest BCUT2D eigenvalue weighted by atomic mass is 10.0. The number of aryl methyl sites for hydroxylation is 1. The van der Waals surface area contributed by atoms with E-state index in [-0.39, 0.29) is 12.2 Å². The Morgan fingerprint density at radius 1 is 0.971 bits per heavy atom. The summed E-state index contributed by atoms with van der Waals surface area (Å²) >= 11 is 15.5. The zero-order valence-corrected chi connectivity index (χ0v) is 26.2. The van der Waals surface area contributed by atoms with Gasteiger partial charge in [-0.3, -0.25) is 9.59 Å². The molecule has 34 heavy (non-hydrogen) atoms. The Balaban J connectivity index is 0.000000171. The summed E-state index contributed by atoms with van der Waals surface area (Å²) in [5.74, 6) is 1.22. The third-order valence-electron chi connectivity index (χ3n) is 5.55. The van der Waals surface area contributed by atoms with Gasteiger partial charge in [0.15, 0.2) is 5.78 Å². The van der Waals surface area contributed by atoms with Gasteiger partial charge in [-0.15, -0.1) is 22.4 Å². The molecule has 0 saturated carbocycles. The average molecular weight is 839 g/mol. The minimum absolute atomic E-state index is 0.144. The molecule has 0 fully saturated rings. The van der Waals surface area contributed by atoms with Crippen LogP contribution in [0.15, 0.2) is 24.0 Å². The highest BCUT2D eigenvalue weighted by atomic mass is 127. The summed E-state index contributed by atoms with van der Waals surface area (Å²) in [6.45, 7) is 1.38. The number of hydrogen-bond donors (Lipinski definition) is 1. The molecule has 0 bridgehead atoms. The fraction of sp³-hybridized carbons (Fsp3) is 0.364. The SMILES string of the molecule is F[B]I.O=C(O)CCc1cc2c(c(Br)c1Br)OCC2.O=C1CCc2c(Br)c(Br)c3c(c21)CCO3. The third-order valence-corrected chi connectivity index (χ3v) is 9.91. The lowest BCUT2D eigenvalue weighted by Gasteiger charge is -2.10. The van der Waals surface area contributed by atoms with Crippen LogP contribution in [-0.2, 0) is 30.5 Å². The molecule has 0 spiro atoms. The van der Waals surface area contributed by atoms with Gasteiger partial charge < -0.3 is 18.9 Å². The van der Waals surface area contributed by atoms with E-state index in [0.717, 1.165) is 76.5 Å². The minimum Gasteiger partial charge on any atom is -0.492 e. The number of carboxylic acid groups (broad SMARTS) is 1. The van der Waals surface area contributed by atoms with Gasteiger partial charge in [0.05, 0.1) is 22.2 Å². The molecule has 2 aromatic carbocycles. The largest absolute Gasteiger partial charge is 0.492 e. The molecule has 0 unspecified atom stereocenters. The second-order valence-corrected chi connectivity index (χ2v) is 11.2. The molecule has 181 valence electrons. The van der Waals surface area contributed by atoms with Crippen LogP contribution >= 0.6 is 86.1 Å². The van der Waals surface area contributed by atoms with E-state index in [2.05, 4.69) is 63.7 Å². The number of benzene rings is 2. The Morgan fingerprint density at radius 3 is 2.26 bits per heavy atom. The highest BCUT2D eigenvalue weighted by Crippen LogP contribution is 2.46. The predicted octanol–water partition coefficient (Wildman–Crippen LogP) is 7.36. The van der Waals surface area contributed by atoms with Crippen LogP contribution in [0, 0.1) is 0 Å². The van der Waals surface area contributed by atoms with Crippen molar-refractivity contribution < 1.29 is 28.5 Å². The van der Waals surface area contributed by atoms with Gasteiger partial charge in [0.25, 0.3) is 0 Å². The van der Waals surface area contributed by atoms with Crippen LogP contribution in [0.1, 0.15) is 45.5 Å². The number of aliphatic carboxylic acids is 1. The van der Waals surface area contributed by atoms with E-state index in [0.29, 0.717) is 31.5 Å². The molecule has 12 heteroatoms. The highest BCUT2D eigenvalue weighted by molar-refractivity contribution is 14.1. The molecule has 2 aromatic rings. The summed E-state index contributed by atoms with van der Waals surface area (Å²) in [7, 11) is 0. The Hall–Kier alpha value is -0.175. The Labute approximate surface area is 244 Å². The van der Waals surface area contributed by atoms with Crippen LogP contribution in [0.3, 0.4) is 0 Å². The van der Waals surface area contributed by atoms with Crippen LogP contribution in [0.2, 0.25) is 0 Å². The summed E-state index contributed by atoms with van der Waals surface area (Å²) < 4.78 is 24.9. The van der Waals surface area contributed by atoms with Gasteiger partial charge in [0.2, 0.25) is 0 Å². The number of fused-ring (bicyclic) bond motifs is 4. The maximum absolute atomic E-state index is 11.8. The fourth-order valence-corrected chi connectivity index (χ4v) is 6.38. The first-order valence-corrected chi connectivity index (χ1v) is 14.7. The number of hydrogen-bond acceptors (Lipinski definition) is 4. The van der Waals surface area contributed by atoms with Gasteiger partial charge in [-0.25, -0.2) is 0 Å². The standard InChI is InChI=1S/C11H10Br2O3.C11H8Br2O2.BFI/c12-9-6(1-2-8(14)15)5-7-3-4-16-11(7)10(9)13;12-9-5-1-2-7(14)8(5)6-3-4-15-11(6)10(9)13;2-1-3/h5H,1-4H2,(H,14,15);1-4H2;. The summed E-state index contributed by atoms with van der Waals surface area (Å²) in [6, 6.07) is 2.03. The van der Waals surface area contributed by atoms with Crippen LogP contribution in [0.4, 0.5) is 4.32 Å². The zero-order valence-electron chi connectivity index (χ0n) is 17.7. The van der Waals surface area contributed by atoms with Crippen molar-refractivity contribution in [1.82, 2.24) is 0 Å². The quantitative estimate of drug-likeness (QED) is 0.259. The molecule has 0 amide bonds.